The number of pyridine rings is 1. The van der Waals surface area contributed by atoms with Crippen molar-refractivity contribution < 1.29 is 33.1 Å². The molecule has 1 N–H and O–H groups in total. The largest absolute Gasteiger partial charge is 0.305 e. The number of rotatable bonds is 3. The standard InChI is InChI=1S/C17H12NO3S.Ir/c19-22(20,21)16-9-7-13(8-10-16)14-4-3-5-15(12-14)17-6-1-2-11-18-17;/h1-4,6-12H,(H,19,20,21);/q-1;. The van der Waals surface area contributed by atoms with Crippen LogP contribution in [0.2, 0.25) is 0 Å². The van der Waals surface area contributed by atoms with Crippen LogP contribution in [-0.4, -0.2) is 18.0 Å². The van der Waals surface area contributed by atoms with E-state index in [0.717, 1.165) is 22.4 Å². The molecule has 0 fully saturated rings. The van der Waals surface area contributed by atoms with Gasteiger partial charge in [0.25, 0.3) is 10.1 Å². The van der Waals surface area contributed by atoms with E-state index in [1.54, 1.807) is 24.4 Å². The molecule has 1 radical (unpaired) electrons. The molecule has 1 heterocycles. The molecule has 0 aliphatic heterocycles. The maximum Gasteiger partial charge on any atom is 0.294 e. The summed E-state index contributed by atoms with van der Waals surface area (Å²) in [5, 5.41) is 0. The fourth-order valence-corrected chi connectivity index (χ4v) is 2.62. The summed E-state index contributed by atoms with van der Waals surface area (Å²) < 4.78 is 31.1. The summed E-state index contributed by atoms with van der Waals surface area (Å²) in [6, 6.07) is 20.5. The zero-order valence-corrected chi connectivity index (χ0v) is 15.0. The quantitative estimate of drug-likeness (QED) is 0.440. The van der Waals surface area contributed by atoms with E-state index in [1.165, 1.54) is 12.1 Å². The molecule has 1 aromatic heterocycles. The second-order valence-electron chi connectivity index (χ2n) is 4.71. The first-order valence-electron chi connectivity index (χ1n) is 6.55. The number of nitrogens with zero attached hydrogens (tertiary/aromatic N) is 1. The zero-order chi connectivity index (χ0) is 15.6. The molecule has 3 aromatic rings. The molecule has 0 aliphatic carbocycles. The van der Waals surface area contributed by atoms with Gasteiger partial charge in [0, 0.05) is 26.3 Å². The van der Waals surface area contributed by atoms with Crippen LogP contribution < -0.4 is 0 Å². The van der Waals surface area contributed by atoms with Crippen molar-refractivity contribution in [1.82, 2.24) is 4.98 Å². The fraction of sp³-hybridized carbons (Fsp3) is 0. The Kier molecular flexibility index (Phi) is 5.44. The molecule has 0 aliphatic rings. The number of benzene rings is 2. The molecular formula is C17H12IrNO3S-. The van der Waals surface area contributed by atoms with E-state index in [-0.39, 0.29) is 25.0 Å². The van der Waals surface area contributed by atoms with Gasteiger partial charge in [0.15, 0.2) is 0 Å². The molecule has 0 unspecified atom stereocenters. The summed E-state index contributed by atoms with van der Waals surface area (Å²) in [7, 11) is -4.17. The molecule has 2 aromatic carbocycles. The van der Waals surface area contributed by atoms with Gasteiger partial charge in [-0.25, -0.2) is 0 Å². The summed E-state index contributed by atoms with van der Waals surface area (Å²) in [5.74, 6) is 0. The number of hydrogen-bond donors (Lipinski definition) is 1. The van der Waals surface area contributed by atoms with Gasteiger partial charge in [-0.1, -0.05) is 24.3 Å². The van der Waals surface area contributed by atoms with Crippen molar-refractivity contribution in [1.29, 1.82) is 0 Å². The first-order chi connectivity index (χ1) is 10.5. The second-order valence-corrected chi connectivity index (χ2v) is 6.13. The van der Waals surface area contributed by atoms with Gasteiger partial charge in [-0.15, -0.1) is 35.4 Å². The topological polar surface area (TPSA) is 67.3 Å². The van der Waals surface area contributed by atoms with Gasteiger partial charge in [0.1, 0.15) is 0 Å². The molecule has 6 heteroatoms. The van der Waals surface area contributed by atoms with Crippen molar-refractivity contribution in [2.45, 2.75) is 4.90 Å². The number of aromatic nitrogens is 1. The molecule has 23 heavy (non-hydrogen) atoms. The molecule has 3 rings (SSSR count). The Balaban J connectivity index is 0.00000192. The van der Waals surface area contributed by atoms with Gasteiger partial charge in [0.05, 0.1) is 4.90 Å². The van der Waals surface area contributed by atoms with E-state index in [0.29, 0.717) is 0 Å². The van der Waals surface area contributed by atoms with E-state index in [2.05, 4.69) is 11.1 Å². The van der Waals surface area contributed by atoms with Gasteiger partial charge in [-0.2, -0.15) is 8.42 Å². The van der Waals surface area contributed by atoms with Crippen LogP contribution >= 0.6 is 0 Å². The first-order valence-corrected chi connectivity index (χ1v) is 7.99. The predicted molar refractivity (Wildman–Crippen MR) is 83.8 cm³/mol. The SMILES string of the molecule is O=S(=O)(O)c1ccc(-c2cc[c-]c(-c3ccccn3)c2)cc1.[Ir]. The van der Waals surface area contributed by atoms with Crippen molar-refractivity contribution in [3.63, 3.8) is 0 Å². The molecule has 0 bridgehead atoms. The predicted octanol–water partition coefficient (Wildman–Crippen LogP) is 3.46. The van der Waals surface area contributed by atoms with Crippen LogP contribution in [0.1, 0.15) is 0 Å². The third kappa shape index (κ3) is 4.12. The molecule has 0 amide bonds. The van der Waals surface area contributed by atoms with Crippen LogP contribution in [0.15, 0.2) is 71.8 Å². The van der Waals surface area contributed by atoms with Gasteiger partial charge < -0.3 is 4.98 Å². The molecular weight excluding hydrogens is 490 g/mol. The monoisotopic (exact) mass is 503 g/mol. The van der Waals surface area contributed by atoms with E-state index in [9.17, 15) is 8.42 Å². The first kappa shape index (κ1) is 17.5. The van der Waals surface area contributed by atoms with Crippen molar-refractivity contribution in [2.75, 3.05) is 0 Å². The normalized spacial score (nSPS) is 10.8. The fourth-order valence-electron chi connectivity index (χ4n) is 2.14. The van der Waals surface area contributed by atoms with Crippen molar-refractivity contribution in [3.05, 3.63) is 72.9 Å². The molecule has 0 spiro atoms. The molecule has 4 nitrogen and oxygen atoms in total. The van der Waals surface area contributed by atoms with Crippen LogP contribution in [0.4, 0.5) is 0 Å². The third-order valence-electron chi connectivity index (χ3n) is 3.23. The number of hydrogen-bond acceptors (Lipinski definition) is 3. The Bertz CT molecular complexity index is 895. The molecule has 0 atom stereocenters. The summed E-state index contributed by atoms with van der Waals surface area (Å²) in [6.45, 7) is 0. The van der Waals surface area contributed by atoms with Crippen molar-refractivity contribution in [3.8, 4) is 22.4 Å². The Morgan fingerprint density at radius 1 is 0.957 bits per heavy atom. The smallest absolute Gasteiger partial charge is 0.294 e. The second kappa shape index (κ2) is 7.15. The van der Waals surface area contributed by atoms with Crippen LogP contribution in [0.5, 0.6) is 0 Å². The Labute approximate surface area is 148 Å². The maximum atomic E-state index is 11.1. The van der Waals surface area contributed by atoms with Crippen LogP contribution in [-0.2, 0) is 30.2 Å². The minimum absolute atomic E-state index is 0. The third-order valence-corrected chi connectivity index (χ3v) is 4.10. The minimum Gasteiger partial charge on any atom is -0.305 e. The maximum absolute atomic E-state index is 11.1. The molecule has 0 saturated carbocycles. The summed E-state index contributed by atoms with van der Waals surface area (Å²) in [6.07, 6.45) is 1.72. The molecule has 0 saturated heterocycles. The van der Waals surface area contributed by atoms with Crippen LogP contribution in [0.3, 0.4) is 0 Å². The summed E-state index contributed by atoms with van der Waals surface area (Å²) in [5.41, 5.74) is 3.44. The van der Waals surface area contributed by atoms with E-state index in [1.807, 2.05) is 30.3 Å². The van der Waals surface area contributed by atoms with Gasteiger partial charge in [-0.05, 0) is 29.5 Å². The van der Waals surface area contributed by atoms with Crippen molar-refractivity contribution >= 4 is 10.1 Å². The summed E-state index contributed by atoms with van der Waals surface area (Å²) in [4.78, 5) is 4.16. The Morgan fingerprint density at radius 3 is 2.30 bits per heavy atom. The average Bonchev–Trinajstić information content (AvgIpc) is 2.55. The van der Waals surface area contributed by atoms with E-state index < -0.39 is 10.1 Å². The summed E-state index contributed by atoms with van der Waals surface area (Å²) >= 11 is 0. The van der Waals surface area contributed by atoms with Crippen LogP contribution in [0, 0.1) is 6.07 Å². The molecule has 119 valence electrons. The van der Waals surface area contributed by atoms with E-state index >= 15 is 0 Å². The average molecular weight is 503 g/mol. The van der Waals surface area contributed by atoms with Gasteiger partial charge in [-0.3, -0.25) is 4.55 Å². The van der Waals surface area contributed by atoms with Gasteiger partial charge in [0.2, 0.25) is 0 Å². The van der Waals surface area contributed by atoms with Crippen LogP contribution in [0.25, 0.3) is 22.4 Å². The zero-order valence-electron chi connectivity index (χ0n) is 11.8. The Morgan fingerprint density at radius 2 is 1.70 bits per heavy atom. The minimum atomic E-state index is -4.17. The van der Waals surface area contributed by atoms with Crippen molar-refractivity contribution in [2.24, 2.45) is 0 Å². The van der Waals surface area contributed by atoms with E-state index in [4.69, 9.17) is 4.55 Å². The Hall–Kier alpha value is -1.85. The van der Waals surface area contributed by atoms with Gasteiger partial charge >= 0.3 is 0 Å².